The van der Waals surface area contributed by atoms with Crippen molar-refractivity contribution in [2.24, 2.45) is 0 Å². The molecule has 25 heavy (non-hydrogen) atoms. The van der Waals surface area contributed by atoms with Gasteiger partial charge in [0, 0.05) is 24.7 Å². The third-order valence-electron chi connectivity index (χ3n) is 3.75. The van der Waals surface area contributed by atoms with Crippen LogP contribution in [0.5, 0.6) is 0 Å². The Morgan fingerprint density at radius 3 is 2.40 bits per heavy atom. The van der Waals surface area contributed by atoms with Crippen LogP contribution in [0.3, 0.4) is 0 Å². The topological polar surface area (TPSA) is 78.7 Å². The molecule has 0 unspecified atom stereocenters. The molecule has 0 saturated heterocycles. The van der Waals surface area contributed by atoms with E-state index in [1.54, 1.807) is 18.2 Å². The molecule has 7 heteroatoms. The fourth-order valence-corrected chi connectivity index (χ4v) is 2.27. The summed E-state index contributed by atoms with van der Waals surface area (Å²) in [6.07, 6.45) is 2.29. The first-order chi connectivity index (χ1) is 12.0. The van der Waals surface area contributed by atoms with Crippen molar-refractivity contribution in [3.8, 4) is 0 Å². The van der Waals surface area contributed by atoms with E-state index in [-0.39, 0.29) is 18.4 Å². The Bertz CT molecular complexity index is 681. The highest BCUT2D eigenvalue weighted by Crippen LogP contribution is 2.09. The quantitative estimate of drug-likeness (QED) is 0.791. The van der Waals surface area contributed by atoms with Crippen LogP contribution in [0.4, 0.5) is 5.82 Å². The van der Waals surface area contributed by atoms with Gasteiger partial charge in [-0.25, -0.2) is 0 Å². The van der Waals surface area contributed by atoms with E-state index in [2.05, 4.69) is 21.9 Å². The van der Waals surface area contributed by atoms with Crippen LogP contribution >= 0.6 is 0 Å². The number of carbonyl (C=O) groups excluding carboxylic acids is 2. The van der Waals surface area contributed by atoms with Crippen LogP contribution in [0.25, 0.3) is 0 Å². The van der Waals surface area contributed by atoms with Gasteiger partial charge in [0.05, 0.1) is 0 Å². The predicted molar refractivity (Wildman–Crippen MR) is 95.4 cm³/mol. The van der Waals surface area contributed by atoms with E-state index in [9.17, 15) is 9.59 Å². The lowest BCUT2D eigenvalue weighted by atomic mass is 10.1. The van der Waals surface area contributed by atoms with Gasteiger partial charge >= 0.3 is 0 Å². The molecule has 1 aromatic heterocycles. The predicted octanol–water partition coefficient (Wildman–Crippen LogP) is 1.88. The first kappa shape index (κ1) is 18.7. The number of nitrogens with zero attached hydrogens (tertiary/aromatic N) is 3. The van der Waals surface area contributed by atoms with Gasteiger partial charge in [-0.2, -0.15) is 0 Å². The third-order valence-corrected chi connectivity index (χ3v) is 3.75. The van der Waals surface area contributed by atoms with E-state index in [1.807, 2.05) is 31.1 Å². The van der Waals surface area contributed by atoms with Crippen molar-refractivity contribution < 1.29 is 14.1 Å². The minimum absolute atomic E-state index is 0.0466. The Morgan fingerprint density at radius 2 is 1.84 bits per heavy atom. The smallest absolute Gasteiger partial charge is 0.254 e. The maximum absolute atomic E-state index is 12.8. The summed E-state index contributed by atoms with van der Waals surface area (Å²) in [7, 11) is 3.85. The molecule has 0 fully saturated rings. The lowest BCUT2D eigenvalue weighted by molar-refractivity contribution is -0.117. The second kappa shape index (κ2) is 8.98. The van der Waals surface area contributed by atoms with Crippen LogP contribution < -0.4 is 5.32 Å². The average molecular weight is 344 g/mol. The molecule has 2 rings (SSSR count). The summed E-state index contributed by atoms with van der Waals surface area (Å²) in [4.78, 5) is 28.5. The summed E-state index contributed by atoms with van der Waals surface area (Å²) in [5, 5.41) is 6.25. The molecule has 0 aliphatic rings. The Balaban J connectivity index is 2.07. The molecule has 0 saturated carbocycles. The summed E-state index contributed by atoms with van der Waals surface area (Å²) in [6.45, 7) is 3.13. The highest BCUT2D eigenvalue weighted by Gasteiger charge is 2.19. The number of amides is 2. The van der Waals surface area contributed by atoms with Crippen LogP contribution in [0, 0.1) is 0 Å². The SMILES string of the molecule is CCc1ccc(C(=O)N(CCN(C)C)CC(=O)Nc2ccon2)cc1. The van der Waals surface area contributed by atoms with Crippen LogP contribution in [0.2, 0.25) is 0 Å². The van der Waals surface area contributed by atoms with Gasteiger partial charge < -0.3 is 19.6 Å². The highest BCUT2D eigenvalue weighted by molar-refractivity contribution is 5.99. The van der Waals surface area contributed by atoms with E-state index >= 15 is 0 Å². The van der Waals surface area contributed by atoms with Crippen molar-refractivity contribution in [1.82, 2.24) is 15.0 Å². The molecule has 1 heterocycles. The van der Waals surface area contributed by atoms with Gasteiger partial charge in [-0.3, -0.25) is 9.59 Å². The highest BCUT2D eigenvalue weighted by atomic mass is 16.5. The second-order valence-corrected chi connectivity index (χ2v) is 6.01. The number of nitrogens with one attached hydrogen (secondary N) is 1. The molecule has 2 aromatic rings. The Morgan fingerprint density at radius 1 is 1.12 bits per heavy atom. The molecule has 0 spiro atoms. The zero-order chi connectivity index (χ0) is 18.2. The van der Waals surface area contributed by atoms with Crippen molar-refractivity contribution >= 4 is 17.6 Å². The number of carbonyl (C=O) groups is 2. The molecule has 0 bridgehead atoms. The van der Waals surface area contributed by atoms with Crippen molar-refractivity contribution in [3.05, 3.63) is 47.7 Å². The van der Waals surface area contributed by atoms with Crippen LogP contribution in [0.15, 0.2) is 41.1 Å². The van der Waals surface area contributed by atoms with Crippen molar-refractivity contribution in [1.29, 1.82) is 0 Å². The Hall–Kier alpha value is -2.67. The minimum Gasteiger partial charge on any atom is -0.363 e. The van der Waals surface area contributed by atoms with E-state index in [0.29, 0.717) is 24.5 Å². The van der Waals surface area contributed by atoms with Gasteiger partial charge in [0.25, 0.3) is 5.91 Å². The summed E-state index contributed by atoms with van der Waals surface area (Å²) < 4.78 is 4.69. The number of aromatic nitrogens is 1. The monoisotopic (exact) mass is 344 g/mol. The van der Waals surface area contributed by atoms with Gasteiger partial charge in [-0.1, -0.05) is 24.2 Å². The van der Waals surface area contributed by atoms with Gasteiger partial charge in [0.15, 0.2) is 5.82 Å². The minimum atomic E-state index is -0.314. The lowest BCUT2D eigenvalue weighted by Gasteiger charge is -2.24. The fourth-order valence-electron chi connectivity index (χ4n) is 2.27. The summed E-state index contributed by atoms with van der Waals surface area (Å²) in [5.74, 6) is -0.150. The number of likely N-dealkylation sites (N-methyl/N-ethyl adjacent to an activating group) is 1. The maximum atomic E-state index is 12.8. The molecular weight excluding hydrogens is 320 g/mol. The largest absolute Gasteiger partial charge is 0.363 e. The normalized spacial score (nSPS) is 10.7. The Kier molecular flexibility index (Phi) is 6.71. The van der Waals surface area contributed by atoms with Crippen LogP contribution in [-0.2, 0) is 11.2 Å². The van der Waals surface area contributed by atoms with Gasteiger partial charge in [-0.05, 0) is 38.2 Å². The average Bonchev–Trinajstić information content (AvgIpc) is 3.10. The molecule has 1 aromatic carbocycles. The zero-order valence-corrected chi connectivity index (χ0v) is 14.9. The second-order valence-electron chi connectivity index (χ2n) is 6.01. The fraction of sp³-hybridized carbons (Fsp3) is 0.389. The van der Waals surface area contributed by atoms with Crippen molar-refractivity contribution in [2.75, 3.05) is 39.0 Å². The molecule has 0 radical (unpaired) electrons. The number of aryl methyl sites for hydroxylation is 1. The van der Waals surface area contributed by atoms with Crippen molar-refractivity contribution in [2.45, 2.75) is 13.3 Å². The van der Waals surface area contributed by atoms with E-state index in [4.69, 9.17) is 0 Å². The lowest BCUT2D eigenvalue weighted by Crippen LogP contribution is -2.41. The number of anilines is 1. The molecular formula is C18H24N4O3. The molecule has 0 aliphatic heterocycles. The van der Waals surface area contributed by atoms with Gasteiger partial charge in [0.1, 0.15) is 12.8 Å². The van der Waals surface area contributed by atoms with Crippen LogP contribution in [-0.4, -0.2) is 60.5 Å². The number of rotatable bonds is 8. The van der Waals surface area contributed by atoms with Gasteiger partial charge in [-0.15, -0.1) is 0 Å². The molecule has 1 N–H and O–H groups in total. The first-order valence-corrected chi connectivity index (χ1v) is 8.22. The van der Waals surface area contributed by atoms with E-state index in [1.165, 1.54) is 16.7 Å². The Labute approximate surface area is 147 Å². The van der Waals surface area contributed by atoms with E-state index < -0.39 is 0 Å². The molecule has 134 valence electrons. The molecule has 2 amide bonds. The molecule has 0 atom stereocenters. The molecule has 0 aliphatic carbocycles. The molecule has 7 nitrogen and oxygen atoms in total. The maximum Gasteiger partial charge on any atom is 0.254 e. The van der Waals surface area contributed by atoms with Gasteiger partial charge in [0.2, 0.25) is 5.91 Å². The standard InChI is InChI=1S/C18H24N4O3/c1-4-14-5-7-15(8-6-14)18(24)22(11-10-21(2)3)13-17(23)19-16-9-12-25-20-16/h5-9,12H,4,10-11,13H2,1-3H3,(H,19,20,23). The summed E-state index contributed by atoms with van der Waals surface area (Å²) in [6, 6.07) is 9.03. The van der Waals surface area contributed by atoms with E-state index in [0.717, 1.165) is 6.42 Å². The first-order valence-electron chi connectivity index (χ1n) is 8.22. The number of hydrogen-bond donors (Lipinski definition) is 1. The number of hydrogen-bond acceptors (Lipinski definition) is 5. The van der Waals surface area contributed by atoms with Crippen LogP contribution in [0.1, 0.15) is 22.8 Å². The number of benzene rings is 1. The zero-order valence-electron chi connectivity index (χ0n) is 14.9. The summed E-state index contributed by atoms with van der Waals surface area (Å²) in [5.41, 5.74) is 1.74. The van der Waals surface area contributed by atoms with Crippen molar-refractivity contribution in [3.63, 3.8) is 0 Å². The third kappa shape index (κ3) is 5.72. The summed E-state index contributed by atoms with van der Waals surface area (Å²) >= 11 is 0.